The standard InChI is InChI=1S/C32H4F12N8/c33-29(34,35)25-13(5-45)3-17(27(23(25)11-51)31(39,40)41)19(7-47)15-1-2-16(22(10-50)21(15)9-49)20(8-48)18-4-14(6-46)26(30(36,37)38)24(12-52)28(18)32(42,43)44/h1-4H/b19-15-,20-16-. The SMILES string of the molecule is N#C/C(c1cc(C#N)c(C(F)(F)F)c(C#N)c1C(F)(F)F)=c1\cc/c(=C(\C#N)c2cc(C#N)c(C(F)(F)F)c(C#N)c2C(F)(F)F)c(C#N)c1C#N. The Morgan fingerprint density at radius 3 is 0.846 bits per heavy atom. The van der Waals surface area contributed by atoms with Crippen molar-refractivity contribution in [3.8, 4) is 48.6 Å². The van der Waals surface area contributed by atoms with Crippen LogP contribution in [-0.4, -0.2) is 0 Å². The molecule has 0 saturated carbocycles. The third kappa shape index (κ3) is 6.57. The van der Waals surface area contributed by atoms with Gasteiger partial charge in [-0.2, -0.15) is 94.8 Å². The molecule has 0 N–H and O–H groups in total. The molecule has 0 atom stereocenters. The molecule has 0 spiro atoms. The third-order valence-electron chi connectivity index (χ3n) is 6.98. The summed E-state index contributed by atoms with van der Waals surface area (Å²) in [5.74, 6) is 0. The molecule has 0 aliphatic carbocycles. The Balaban J connectivity index is 2.82. The van der Waals surface area contributed by atoms with Gasteiger partial charge in [-0.1, -0.05) is 12.1 Å². The molecule has 20 heteroatoms. The number of halogens is 12. The van der Waals surface area contributed by atoms with E-state index in [1.54, 1.807) is 0 Å². The third-order valence-corrected chi connectivity index (χ3v) is 6.98. The van der Waals surface area contributed by atoms with Gasteiger partial charge in [-0.3, -0.25) is 0 Å². The minimum Gasteiger partial charge on any atom is -0.192 e. The van der Waals surface area contributed by atoms with Crippen molar-refractivity contribution >= 4 is 11.1 Å². The molecule has 0 heterocycles. The normalized spacial score (nSPS) is 12.7. The van der Waals surface area contributed by atoms with Gasteiger partial charge < -0.3 is 0 Å². The Morgan fingerprint density at radius 1 is 0.385 bits per heavy atom. The molecule has 0 unspecified atom stereocenters. The first kappa shape index (κ1) is 38.9. The van der Waals surface area contributed by atoms with Gasteiger partial charge in [0.15, 0.2) is 0 Å². The summed E-state index contributed by atoms with van der Waals surface area (Å²) in [6.07, 6.45) is -23.2. The molecular weight excluding hydrogens is 724 g/mol. The molecule has 0 amide bonds. The van der Waals surface area contributed by atoms with Gasteiger partial charge >= 0.3 is 24.7 Å². The van der Waals surface area contributed by atoms with Gasteiger partial charge in [0.2, 0.25) is 0 Å². The van der Waals surface area contributed by atoms with Gasteiger partial charge in [0.1, 0.15) is 36.4 Å². The Kier molecular flexibility index (Phi) is 10.0. The van der Waals surface area contributed by atoms with Crippen LogP contribution in [0.3, 0.4) is 0 Å². The fourth-order valence-corrected chi connectivity index (χ4v) is 5.12. The first-order valence-corrected chi connectivity index (χ1v) is 12.9. The molecule has 0 aliphatic heterocycles. The zero-order valence-electron chi connectivity index (χ0n) is 24.4. The lowest BCUT2D eigenvalue weighted by Gasteiger charge is -2.20. The van der Waals surface area contributed by atoms with E-state index in [1.165, 1.54) is 12.1 Å². The zero-order chi connectivity index (χ0) is 39.7. The topological polar surface area (TPSA) is 190 Å². The highest BCUT2D eigenvalue weighted by molar-refractivity contribution is 5.85. The predicted molar refractivity (Wildman–Crippen MR) is 143 cm³/mol. The highest BCUT2D eigenvalue weighted by Crippen LogP contribution is 2.46. The molecule has 3 aromatic carbocycles. The quantitative estimate of drug-likeness (QED) is 0.269. The average Bonchev–Trinajstić information content (AvgIpc) is 3.05. The lowest BCUT2D eigenvalue weighted by Crippen LogP contribution is -2.26. The molecule has 8 nitrogen and oxygen atoms in total. The molecule has 0 saturated heterocycles. The van der Waals surface area contributed by atoms with Crippen LogP contribution in [0.5, 0.6) is 0 Å². The number of nitrogens with zero attached hydrogens (tertiary/aromatic N) is 8. The highest BCUT2D eigenvalue weighted by atomic mass is 19.4. The molecule has 0 aliphatic rings. The summed E-state index contributed by atoms with van der Waals surface area (Å²) < 4.78 is 168. The van der Waals surface area contributed by atoms with Crippen molar-refractivity contribution in [1.82, 2.24) is 0 Å². The van der Waals surface area contributed by atoms with Crippen LogP contribution in [0.25, 0.3) is 11.1 Å². The molecule has 0 fully saturated rings. The van der Waals surface area contributed by atoms with Crippen molar-refractivity contribution in [2.75, 3.05) is 0 Å². The first-order valence-electron chi connectivity index (χ1n) is 12.9. The fourth-order valence-electron chi connectivity index (χ4n) is 5.12. The number of rotatable bonds is 2. The maximum Gasteiger partial charge on any atom is 0.418 e. The van der Waals surface area contributed by atoms with E-state index in [1.807, 2.05) is 0 Å². The van der Waals surface area contributed by atoms with Gasteiger partial charge in [0.25, 0.3) is 0 Å². The molecule has 0 aromatic heterocycles. The second-order valence-corrected chi connectivity index (χ2v) is 9.74. The molecule has 3 rings (SSSR count). The smallest absolute Gasteiger partial charge is 0.192 e. The Morgan fingerprint density at radius 2 is 0.654 bits per heavy atom. The number of alkyl halides is 12. The van der Waals surface area contributed by atoms with Crippen LogP contribution in [0.15, 0.2) is 24.3 Å². The van der Waals surface area contributed by atoms with Crippen molar-refractivity contribution in [2.24, 2.45) is 0 Å². The van der Waals surface area contributed by atoms with Crippen molar-refractivity contribution in [1.29, 1.82) is 42.1 Å². The number of hydrogen-bond acceptors (Lipinski definition) is 8. The molecule has 3 aromatic rings. The van der Waals surface area contributed by atoms with Gasteiger partial charge in [-0.05, 0) is 12.1 Å². The molecule has 256 valence electrons. The number of benzene rings is 3. The van der Waals surface area contributed by atoms with Gasteiger partial charge in [0.05, 0.1) is 78.9 Å². The average molecular weight is 728 g/mol. The van der Waals surface area contributed by atoms with E-state index in [0.717, 1.165) is 24.3 Å². The Labute approximate surface area is 280 Å². The monoisotopic (exact) mass is 728 g/mol. The first-order chi connectivity index (χ1) is 24.0. The van der Waals surface area contributed by atoms with Gasteiger partial charge in [-0.25, -0.2) is 0 Å². The van der Waals surface area contributed by atoms with Crippen molar-refractivity contribution in [3.63, 3.8) is 0 Å². The summed E-state index contributed by atoms with van der Waals surface area (Å²) in [5, 5.41) is 75.0. The zero-order valence-corrected chi connectivity index (χ0v) is 24.4. The molecule has 0 bridgehead atoms. The van der Waals surface area contributed by atoms with Crippen LogP contribution in [0.1, 0.15) is 66.8 Å². The minimum absolute atomic E-state index is 0.0797. The second-order valence-electron chi connectivity index (χ2n) is 9.74. The molecule has 52 heavy (non-hydrogen) atoms. The highest BCUT2D eigenvalue weighted by Gasteiger charge is 2.47. The largest absolute Gasteiger partial charge is 0.418 e. The van der Waals surface area contributed by atoms with Crippen LogP contribution in [0, 0.1) is 90.6 Å². The predicted octanol–water partition coefficient (Wildman–Crippen LogP) is 6.44. The molecule has 0 radical (unpaired) electrons. The Bertz CT molecular complexity index is 2370. The van der Waals surface area contributed by atoms with Crippen LogP contribution in [0.4, 0.5) is 52.7 Å². The summed E-state index contributed by atoms with van der Waals surface area (Å²) in [4.78, 5) is 0. The fraction of sp³-hybridized carbons (Fsp3) is 0.125. The van der Waals surface area contributed by atoms with Crippen LogP contribution in [0.2, 0.25) is 0 Å². The van der Waals surface area contributed by atoms with E-state index in [2.05, 4.69) is 0 Å². The van der Waals surface area contributed by atoms with E-state index in [9.17, 15) is 94.8 Å². The lowest BCUT2D eigenvalue weighted by molar-refractivity contribution is -0.145. The minimum atomic E-state index is -5.88. The number of nitriles is 8. The summed E-state index contributed by atoms with van der Waals surface area (Å²) in [7, 11) is 0. The van der Waals surface area contributed by atoms with Crippen LogP contribution >= 0.6 is 0 Å². The molecular formula is C32H4F12N8. The second kappa shape index (κ2) is 13.4. The summed E-state index contributed by atoms with van der Waals surface area (Å²) in [5.41, 5.74) is -25.5. The van der Waals surface area contributed by atoms with E-state index in [-0.39, 0.29) is 12.1 Å². The maximum absolute atomic E-state index is 14.3. The van der Waals surface area contributed by atoms with Crippen molar-refractivity contribution in [2.45, 2.75) is 24.7 Å². The van der Waals surface area contributed by atoms with E-state index < -0.39 is 113 Å². The van der Waals surface area contributed by atoms with Gasteiger partial charge in [0, 0.05) is 21.6 Å². The number of hydrogen-bond donors (Lipinski definition) is 0. The van der Waals surface area contributed by atoms with Gasteiger partial charge in [-0.15, -0.1) is 0 Å². The summed E-state index contributed by atoms with van der Waals surface area (Å²) in [6, 6.07) is 8.85. The summed E-state index contributed by atoms with van der Waals surface area (Å²) in [6.45, 7) is 0. The maximum atomic E-state index is 14.3. The summed E-state index contributed by atoms with van der Waals surface area (Å²) >= 11 is 0. The Hall–Kier alpha value is -7.52. The van der Waals surface area contributed by atoms with Crippen molar-refractivity contribution < 1.29 is 52.7 Å². The van der Waals surface area contributed by atoms with Crippen LogP contribution < -0.4 is 10.4 Å². The van der Waals surface area contributed by atoms with E-state index >= 15 is 0 Å². The van der Waals surface area contributed by atoms with Crippen molar-refractivity contribution in [3.05, 3.63) is 101 Å². The lowest BCUT2D eigenvalue weighted by atomic mass is 9.85. The van der Waals surface area contributed by atoms with E-state index in [0.29, 0.717) is 24.3 Å². The van der Waals surface area contributed by atoms with Crippen LogP contribution in [-0.2, 0) is 24.7 Å². The van der Waals surface area contributed by atoms with E-state index in [4.69, 9.17) is 0 Å².